The summed E-state index contributed by atoms with van der Waals surface area (Å²) in [5, 5.41) is 19.3. The Bertz CT molecular complexity index is 262. The first-order valence-electron chi connectivity index (χ1n) is 8.45. The normalized spacial score (nSPS) is 23.0. The van der Waals surface area contributed by atoms with Crippen LogP contribution in [0.15, 0.2) is 0 Å². The summed E-state index contributed by atoms with van der Waals surface area (Å²) in [5.74, 6) is 0.542. The Morgan fingerprint density at radius 3 is 2.62 bits per heavy atom. The van der Waals surface area contributed by atoms with Gasteiger partial charge in [-0.05, 0) is 56.3 Å². The highest BCUT2D eigenvalue weighted by atomic mass is 16.7. The fraction of sp³-hybridized carbons (Fsp3) is 1.00. The van der Waals surface area contributed by atoms with Crippen LogP contribution in [0.5, 0.6) is 0 Å². The highest BCUT2D eigenvalue weighted by molar-refractivity contribution is 4.72. The zero-order valence-corrected chi connectivity index (χ0v) is 14.0. The van der Waals surface area contributed by atoms with Crippen LogP contribution in [0.2, 0.25) is 0 Å². The lowest BCUT2D eigenvalue weighted by atomic mass is 9.85. The maximum Gasteiger partial charge on any atom is 0.157 e. The van der Waals surface area contributed by atoms with Crippen molar-refractivity contribution < 1.29 is 19.7 Å². The van der Waals surface area contributed by atoms with Crippen molar-refractivity contribution in [1.29, 1.82) is 0 Å². The third-order valence-electron chi connectivity index (χ3n) is 4.26. The summed E-state index contributed by atoms with van der Waals surface area (Å²) in [7, 11) is 0. The smallest absolute Gasteiger partial charge is 0.157 e. The molecule has 4 nitrogen and oxygen atoms in total. The number of ether oxygens (including phenoxy) is 2. The van der Waals surface area contributed by atoms with E-state index in [9.17, 15) is 10.2 Å². The first-order valence-corrected chi connectivity index (χ1v) is 8.45. The molecule has 1 aliphatic heterocycles. The lowest BCUT2D eigenvalue weighted by Gasteiger charge is -2.26. The van der Waals surface area contributed by atoms with Crippen LogP contribution in [0, 0.1) is 11.3 Å². The predicted octanol–water partition coefficient (Wildman–Crippen LogP) is 3.11. The zero-order chi connectivity index (χ0) is 15.7. The van der Waals surface area contributed by atoms with Gasteiger partial charge in [0.05, 0.1) is 6.10 Å². The molecule has 126 valence electrons. The van der Waals surface area contributed by atoms with E-state index in [-0.39, 0.29) is 24.4 Å². The van der Waals surface area contributed by atoms with Gasteiger partial charge < -0.3 is 19.7 Å². The second kappa shape index (κ2) is 9.78. The molecular weight excluding hydrogens is 268 g/mol. The maximum atomic E-state index is 10.0. The summed E-state index contributed by atoms with van der Waals surface area (Å²) in [6.07, 6.45) is 6.51. The van der Waals surface area contributed by atoms with E-state index in [2.05, 4.69) is 6.92 Å². The molecule has 0 aromatic heterocycles. The molecule has 0 bridgehead atoms. The molecule has 1 saturated heterocycles. The van der Waals surface area contributed by atoms with Crippen molar-refractivity contribution >= 4 is 0 Å². The van der Waals surface area contributed by atoms with Crippen molar-refractivity contribution in [3.63, 3.8) is 0 Å². The third kappa shape index (κ3) is 8.77. The Hall–Kier alpha value is -0.160. The summed E-state index contributed by atoms with van der Waals surface area (Å²) >= 11 is 0. The molecule has 2 N–H and O–H groups in total. The molecule has 21 heavy (non-hydrogen) atoms. The van der Waals surface area contributed by atoms with Crippen molar-refractivity contribution in [2.45, 2.75) is 78.1 Å². The summed E-state index contributed by atoms with van der Waals surface area (Å²) in [5.41, 5.74) is -0.190. The van der Waals surface area contributed by atoms with E-state index < -0.39 is 0 Å². The van der Waals surface area contributed by atoms with E-state index in [0.29, 0.717) is 12.3 Å². The largest absolute Gasteiger partial charge is 0.396 e. The van der Waals surface area contributed by atoms with Gasteiger partial charge in [0, 0.05) is 19.8 Å². The van der Waals surface area contributed by atoms with Crippen LogP contribution in [0.1, 0.15) is 65.7 Å². The van der Waals surface area contributed by atoms with Gasteiger partial charge in [-0.2, -0.15) is 0 Å². The second-order valence-electron chi connectivity index (χ2n) is 7.32. The Morgan fingerprint density at radius 2 is 2.00 bits per heavy atom. The van der Waals surface area contributed by atoms with Gasteiger partial charge in [0.1, 0.15) is 0 Å². The Labute approximate surface area is 129 Å². The molecular formula is C17H34O4. The summed E-state index contributed by atoms with van der Waals surface area (Å²) in [6, 6.07) is 0. The molecule has 0 aromatic rings. The van der Waals surface area contributed by atoms with E-state index >= 15 is 0 Å². The molecule has 1 aliphatic rings. The fourth-order valence-electron chi connectivity index (χ4n) is 2.67. The average molecular weight is 302 g/mol. The Morgan fingerprint density at radius 1 is 1.24 bits per heavy atom. The molecule has 0 amide bonds. The zero-order valence-electron chi connectivity index (χ0n) is 14.0. The summed E-state index contributed by atoms with van der Waals surface area (Å²) in [4.78, 5) is 0. The van der Waals surface area contributed by atoms with E-state index in [4.69, 9.17) is 9.47 Å². The van der Waals surface area contributed by atoms with Crippen molar-refractivity contribution in [2.75, 3.05) is 19.8 Å². The summed E-state index contributed by atoms with van der Waals surface area (Å²) in [6.45, 7) is 7.86. The van der Waals surface area contributed by atoms with Crippen LogP contribution < -0.4 is 0 Å². The molecule has 0 aromatic carbocycles. The molecule has 4 heteroatoms. The van der Waals surface area contributed by atoms with Crippen molar-refractivity contribution in [2.24, 2.45) is 11.3 Å². The fourth-order valence-corrected chi connectivity index (χ4v) is 2.67. The van der Waals surface area contributed by atoms with Crippen molar-refractivity contribution in [3.05, 3.63) is 0 Å². The number of hydrogen-bond acceptors (Lipinski definition) is 4. The molecule has 0 spiro atoms. The topological polar surface area (TPSA) is 58.9 Å². The molecule has 0 radical (unpaired) electrons. The first-order chi connectivity index (χ1) is 9.93. The average Bonchev–Trinajstić information content (AvgIpc) is 2.46. The quantitative estimate of drug-likeness (QED) is 0.651. The molecule has 1 heterocycles. The molecule has 0 aliphatic carbocycles. The van der Waals surface area contributed by atoms with Crippen molar-refractivity contribution in [1.82, 2.24) is 0 Å². The van der Waals surface area contributed by atoms with E-state index in [0.717, 1.165) is 45.3 Å². The lowest BCUT2D eigenvalue weighted by Crippen LogP contribution is -2.25. The Kier molecular flexibility index (Phi) is 8.79. The molecule has 1 rings (SSSR count). The minimum atomic E-state index is -0.322. The van der Waals surface area contributed by atoms with Gasteiger partial charge in [0.15, 0.2) is 6.29 Å². The maximum absolute atomic E-state index is 10.0. The first kappa shape index (κ1) is 18.9. The van der Waals surface area contributed by atoms with Gasteiger partial charge in [-0.15, -0.1) is 0 Å². The molecule has 3 atom stereocenters. The van der Waals surface area contributed by atoms with Crippen LogP contribution in [0.4, 0.5) is 0 Å². The Balaban J connectivity index is 2.06. The van der Waals surface area contributed by atoms with Crippen LogP contribution in [0.25, 0.3) is 0 Å². The van der Waals surface area contributed by atoms with Gasteiger partial charge in [0.25, 0.3) is 0 Å². The number of hydrogen-bond donors (Lipinski definition) is 2. The summed E-state index contributed by atoms with van der Waals surface area (Å²) < 4.78 is 11.3. The SMILES string of the molecule is C[C@H](CCOC1CCCCO1)CCC(O)CC(C)(C)CO. The monoisotopic (exact) mass is 302 g/mol. The van der Waals surface area contributed by atoms with Gasteiger partial charge in [0.2, 0.25) is 0 Å². The van der Waals surface area contributed by atoms with Gasteiger partial charge >= 0.3 is 0 Å². The van der Waals surface area contributed by atoms with Crippen LogP contribution in [0.3, 0.4) is 0 Å². The predicted molar refractivity (Wildman–Crippen MR) is 84.0 cm³/mol. The minimum absolute atomic E-state index is 0.00175. The second-order valence-corrected chi connectivity index (χ2v) is 7.32. The molecule has 0 saturated carbocycles. The number of aliphatic hydroxyl groups is 2. The van der Waals surface area contributed by atoms with Gasteiger partial charge in [-0.25, -0.2) is 0 Å². The standard InChI is InChI=1S/C17H34O4/c1-14(7-8-15(19)12-17(2,3)13-18)9-11-21-16-6-4-5-10-20-16/h14-16,18-19H,4-13H2,1-3H3/t14-,15?,16?/m0/s1. The van der Waals surface area contributed by atoms with E-state index in [1.807, 2.05) is 13.8 Å². The lowest BCUT2D eigenvalue weighted by molar-refractivity contribution is -0.164. The van der Waals surface area contributed by atoms with Crippen molar-refractivity contribution in [3.8, 4) is 0 Å². The number of rotatable bonds is 10. The van der Waals surface area contributed by atoms with Crippen LogP contribution in [-0.2, 0) is 9.47 Å². The minimum Gasteiger partial charge on any atom is -0.396 e. The number of aliphatic hydroxyl groups excluding tert-OH is 2. The molecule has 1 fully saturated rings. The molecule has 2 unspecified atom stereocenters. The van der Waals surface area contributed by atoms with Gasteiger partial charge in [-0.3, -0.25) is 0 Å². The van der Waals surface area contributed by atoms with E-state index in [1.54, 1.807) is 0 Å². The van der Waals surface area contributed by atoms with E-state index in [1.165, 1.54) is 6.42 Å². The van der Waals surface area contributed by atoms with Crippen LogP contribution >= 0.6 is 0 Å². The third-order valence-corrected chi connectivity index (χ3v) is 4.26. The highest BCUT2D eigenvalue weighted by Gasteiger charge is 2.21. The van der Waals surface area contributed by atoms with Gasteiger partial charge in [-0.1, -0.05) is 20.8 Å². The van der Waals surface area contributed by atoms with Crippen LogP contribution in [-0.4, -0.2) is 42.4 Å². The highest BCUT2D eigenvalue weighted by Crippen LogP contribution is 2.24.